The number of thiophene rings is 1. The maximum absolute atomic E-state index is 12.3. The summed E-state index contributed by atoms with van der Waals surface area (Å²) < 4.78 is 5.82. The zero-order valence-electron chi connectivity index (χ0n) is 12.1. The van der Waals surface area contributed by atoms with E-state index in [9.17, 15) is 4.79 Å². The molecule has 1 fully saturated rings. The van der Waals surface area contributed by atoms with E-state index in [4.69, 9.17) is 4.74 Å². The summed E-state index contributed by atoms with van der Waals surface area (Å²) in [6, 6.07) is 4.17. The molecular formula is C15H17N3O2S. The van der Waals surface area contributed by atoms with Crippen LogP contribution in [0.3, 0.4) is 0 Å². The summed E-state index contributed by atoms with van der Waals surface area (Å²) in [5.41, 5.74) is 2.53. The molecule has 2 aromatic heterocycles. The van der Waals surface area contributed by atoms with Gasteiger partial charge in [-0.1, -0.05) is 0 Å². The van der Waals surface area contributed by atoms with E-state index in [0.717, 1.165) is 23.4 Å². The lowest BCUT2D eigenvalue weighted by Gasteiger charge is -2.16. The molecule has 0 aromatic carbocycles. The minimum absolute atomic E-state index is 0.0335. The van der Waals surface area contributed by atoms with E-state index >= 15 is 0 Å². The lowest BCUT2D eigenvalue weighted by molar-refractivity contribution is 0.0770. The third kappa shape index (κ3) is 3.21. The third-order valence-electron chi connectivity index (χ3n) is 3.43. The van der Waals surface area contributed by atoms with Gasteiger partial charge in [0.25, 0.3) is 5.91 Å². The minimum Gasteiger partial charge on any atom is -0.458 e. The fourth-order valence-electron chi connectivity index (χ4n) is 2.47. The van der Waals surface area contributed by atoms with Crippen molar-refractivity contribution in [1.82, 2.24) is 14.9 Å². The second-order valence-corrected chi connectivity index (χ2v) is 6.01. The second-order valence-electron chi connectivity index (χ2n) is 5.23. The highest BCUT2D eigenvalue weighted by molar-refractivity contribution is 7.08. The molecule has 0 N–H and O–H groups in total. The predicted molar refractivity (Wildman–Crippen MR) is 80.8 cm³/mol. The monoisotopic (exact) mass is 303 g/mol. The Morgan fingerprint density at radius 3 is 2.81 bits per heavy atom. The molecule has 3 rings (SSSR count). The molecular weight excluding hydrogens is 286 g/mol. The molecule has 1 saturated heterocycles. The van der Waals surface area contributed by atoms with E-state index in [1.54, 1.807) is 0 Å². The fourth-order valence-corrected chi connectivity index (χ4v) is 3.10. The first-order chi connectivity index (χ1) is 10.1. The van der Waals surface area contributed by atoms with Gasteiger partial charge in [0.2, 0.25) is 0 Å². The van der Waals surface area contributed by atoms with E-state index in [1.807, 2.05) is 41.6 Å². The number of hydrogen-bond acceptors (Lipinski definition) is 5. The van der Waals surface area contributed by atoms with Crippen LogP contribution < -0.4 is 4.74 Å². The summed E-state index contributed by atoms with van der Waals surface area (Å²) in [5, 5.41) is 3.80. The number of carbonyl (C=O) groups is 1. The largest absolute Gasteiger partial charge is 0.458 e. The highest BCUT2D eigenvalue weighted by Gasteiger charge is 2.29. The van der Waals surface area contributed by atoms with Crippen molar-refractivity contribution in [3.63, 3.8) is 0 Å². The zero-order chi connectivity index (χ0) is 14.8. The topological polar surface area (TPSA) is 55.3 Å². The average molecular weight is 303 g/mol. The Hall–Kier alpha value is -1.95. The van der Waals surface area contributed by atoms with Crippen molar-refractivity contribution in [3.05, 3.63) is 39.8 Å². The van der Waals surface area contributed by atoms with E-state index < -0.39 is 0 Å². The van der Waals surface area contributed by atoms with Crippen molar-refractivity contribution in [3.8, 4) is 6.01 Å². The second kappa shape index (κ2) is 5.81. The fraction of sp³-hybridized carbons (Fsp3) is 0.400. The summed E-state index contributed by atoms with van der Waals surface area (Å²) >= 11 is 1.53. The number of aryl methyl sites for hydroxylation is 2. The van der Waals surface area contributed by atoms with Crippen molar-refractivity contribution in [2.75, 3.05) is 13.1 Å². The molecule has 3 heterocycles. The van der Waals surface area contributed by atoms with Gasteiger partial charge in [0, 0.05) is 29.7 Å². The number of ether oxygens (including phenoxy) is 1. The van der Waals surface area contributed by atoms with Crippen molar-refractivity contribution >= 4 is 17.2 Å². The first kappa shape index (κ1) is 14.0. The van der Waals surface area contributed by atoms with Crippen LogP contribution in [0.15, 0.2) is 22.9 Å². The Balaban J connectivity index is 1.63. The molecule has 6 heteroatoms. The smallest absolute Gasteiger partial charge is 0.317 e. The molecule has 0 aliphatic carbocycles. The van der Waals surface area contributed by atoms with Crippen LogP contribution in [0.5, 0.6) is 6.01 Å². The van der Waals surface area contributed by atoms with Crippen LogP contribution in [0.1, 0.15) is 28.2 Å². The van der Waals surface area contributed by atoms with Gasteiger partial charge in [-0.25, -0.2) is 9.97 Å². The van der Waals surface area contributed by atoms with E-state index in [2.05, 4.69) is 9.97 Å². The van der Waals surface area contributed by atoms with Gasteiger partial charge in [0.05, 0.1) is 12.1 Å². The first-order valence-corrected chi connectivity index (χ1v) is 7.86. The van der Waals surface area contributed by atoms with Crippen LogP contribution in [0.25, 0.3) is 0 Å². The van der Waals surface area contributed by atoms with Gasteiger partial charge in [0.1, 0.15) is 6.10 Å². The average Bonchev–Trinajstić information content (AvgIpc) is 3.07. The molecule has 0 bridgehead atoms. The summed E-state index contributed by atoms with van der Waals surface area (Å²) in [5.74, 6) is 0.0729. The third-order valence-corrected chi connectivity index (χ3v) is 4.12. The number of carbonyl (C=O) groups excluding carboxylic acids is 1. The Kier molecular flexibility index (Phi) is 3.88. The normalized spacial score (nSPS) is 18.0. The van der Waals surface area contributed by atoms with Crippen LogP contribution in [0, 0.1) is 13.8 Å². The lowest BCUT2D eigenvalue weighted by atomic mass is 10.3. The van der Waals surface area contributed by atoms with E-state index in [1.165, 1.54) is 11.3 Å². The quantitative estimate of drug-likeness (QED) is 0.874. The van der Waals surface area contributed by atoms with Crippen LogP contribution in [-0.2, 0) is 0 Å². The molecule has 5 nitrogen and oxygen atoms in total. The Morgan fingerprint density at radius 2 is 2.14 bits per heavy atom. The number of nitrogens with zero attached hydrogens (tertiary/aromatic N) is 3. The molecule has 1 amide bonds. The van der Waals surface area contributed by atoms with Crippen molar-refractivity contribution in [2.45, 2.75) is 26.4 Å². The Bertz CT molecular complexity index is 622. The van der Waals surface area contributed by atoms with Gasteiger partial charge in [-0.2, -0.15) is 11.3 Å². The maximum atomic E-state index is 12.3. The molecule has 2 aromatic rings. The van der Waals surface area contributed by atoms with Crippen LogP contribution in [0.4, 0.5) is 0 Å². The summed E-state index contributed by atoms with van der Waals surface area (Å²) in [6.45, 7) is 5.14. The van der Waals surface area contributed by atoms with Crippen molar-refractivity contribution < 1.29 is 9.53 Å². The SMILES string of the molecule is Cc1cc(C)nc(O[C@H]2CCN(C(=O)c3ccsc3)C2)n1. The van der Waals surface area contributed by atoms with Gasteiger partial charge in [-0.15, -0.1) is 0 Å². The summed E-state index contributed by atoms with van der Waals surface area (Å²) in [4.78, 5) is 22.7. The van der Waals surface area contributed by atoms with Crippen molar-refractivity contribution in [2.24, 2.45) is 0 Å². The zero-order valence-corrected chi connectivity index (χ0v) is 12.9. The number of likely N-dealkylation sites (tertiary alicyclic amines) is 1. The van der Waals surface area contributed by atoms with E-state index in [-0.39, 0.29) is 12.0 Å². The lowest BCUT2D eigenvalue weighted by Crippen LogP contribution is -2.30. The minimum atomic E-state index is -0.0335. The number of rotatable bonds is 3. The molecule has 0 radical (unpaired) electrons. The molecule has 0 unspecified atom stereocenters. The van der Waals surface area contributed by atoms with Gasteiger partial charge in [-0.05, 0) is 31.4 Å². The van der Waals surface area contributed by atoms with Gasteiger partial charge in [-0.3, -0.25) is 4.79 Å². The number of hydrogen-bond donors (Lipinski definition) is 0. The molecule has 0 saturated carbocycles. The summed E-state index contributed by atoms with van der Waals surface area (Å²) in [6.07, 6.45) is 0.778. The predicted octanol–water partition coefficient (Wildman–Crippen LogP) is 2.45. The number of aromatic nitrogens is 2. The standard InChI is InChI=1S/C15H17N3O2S/c1-10-7-11(2)17-15(16-10)20-13-3-5-18(8-13)14(19)12-4-6-21-9-12/h4,6-7,9,13H,3,5,8H2,1-2H3/t13-/m0/s1. The van der Waals surface area contributed by atoms with Crippen LogP contribution >= 0.6 is 11.3 Å². The Labute approximate surface area is 127 Å². The number of amides is 1. The Morgan fingerprint density at radius 1 is 1.38 bits per heavy atom. The highest BCUT2D eigenvalue weighted by atomic mass is 32.1. The van der Waals surface area contributed by atoms with Crippen molar-refractivity contribution in [1.29, 1.82) is 0 Å². The maximum Gasteiger partial charge on any atom is 0.317 e. The molecule has 110 valence electrons. The van der Waals surface area contributed by atoms with E-state index in [0.29, 0.717) is 19.1 Å². The van der Waals surface area contributed by atoms with Gasteiger partial charge >= 0.3 is 6.01 Å². The van der Waals surface area contributed by atoms with Gasteiger partial charge < -0.3 is 9.64 Å². The molecule has 21 heavy (non-hydrogen) atoms. The van der Waals surface area contributed by atoms with Crippen LogP contribution in [-0.4, -0.2) is 40.0 Å². The summed E-state index contributed by atoms with van der Waals surface area (Å²) in [7, 11) is 0. The molecule has 1 aliphatic rings. The molecule has 1 aliphatic heterocycles. The highest BCUT2D eigenvalue weighted by Crippen LogP contribution is 2.19. The van der Waals surface area contributed by atoms with Crippen LogP contribution in [0.2, 0.25) is 0 Å². The first-order valence-electron chi connectivity index (χ1n) is 6.92. The van der Waals surface area contributed by atoms with Gasteiger partial charge in [0.15, 0.2) is 0 Å². The molecule has 0 spiro atoms. The molecule has 1 atom stereocenters.